The van der Waals surface area contributed by atoms with Crippen LogP contribution in [-0.2, 0) is 23.9 Å². The minimum Gasteiger partial charge on any atom is -0.465 e. The molecule has 1 aromatic rings. The van der Waals surface area contributed by atoms with Crippen molar-refractivity contribution in [1.29, 1.82) is 0 Å². The normalized spacial score (nSPS) is 21.9. The Balaban J connectivity index is 1.66. The maximum atomic E-state index is 12.7. The summed E-state index contributed by atoms with van der Waals surface area (Å²) in [4.78, 5) is 65.8. The van der Waals surface area contributed by atoms with Crippen LogP contribution >= 0.6 is 0 Å². The number of likely N-dealkylation sites (tertiary alicyclic amines) is 1. The van der Waals surface area contributed by atoms with E-state index in [0.717, 1.165) is 17.7 Å². The Kier molecular flexibility index (Phi) is 6.09. The van der Waals surface area contributed by atoms with E-state index in [4.69, 9.17) is 9.47 Å². The van der Waals surface area contributed by atoms with E-state index in [1.807, 2.05) is 0 Å². The monoisotopic (exact) mass is 418 g/mol. The highest BCUT2D eigenvalue weighted by Crippen LogP contribution is 2.37. The van der Waals surface area contributed by atoms with E-state index in [2.05, 4.69) is 4.98 Å². The first-order valence-corrected chi connectivity index (χ1v) is 10.0. The minimum absolute atomic E-state index is 0.146. The van der Waals surface area contributed by atoms with Crippen molar-refractivity contribution in [1.82, 2.24) is 9.88 Å². The number of hydrogen-bond donors (Lipinski definition) is 1. The van der Waals surface area contributed by atoms with Gasteiger partial charge in [0.15, 0.2) is 6.10 Å². The summed E-state index contributed by atoms with van der Waals surface area (Å²) >= 11 is 0. The predicted octanol–water partition coefficient (Wildman–Crippen LogP) is 1.71. The third kappa shape index (κ3) is 3.76. The van der Waals surface area contributed by atoms with Gasteiger partial charge in [-0.2, -0.15) is 0 Å². The molecule has 1 saturated heterocycles. The van der Waals surface area contributed by atoms with Gasteiger partial charge in [-0.05, 0) is 39.2 Å². The summed E-state index contributed by atoms with van der Waals surface area (Å²) in [7, 11) is 1.25. The molecule has 1 aliphatic heterocycles. The van der Waals surface area contributed by atoms with Crippen molar-refractivity contribution in [3.05, 3.63) is 22.5 Å². The number of Topliss-reactive ketones (excluding diaryl/α,β-unsaturated/α-hetero) is 1. The molecule has 0 radical (unpaired) electrons. The van der Waals surface area contributed by atoms with Crippen LogP contribution in [0.2, 0.25) is 0 Å². The highest BCUT2D eigenvalue weighted by atomic mass is 16.5. The third-order valence-corrected chi connectivity index (χ3v) is 5.97. The maximum absolute atomic E-state index is 12.7. The smallest absolute Gasteiger partial charge is 0.339 e. The van der Waals surface area contributed by atoms with Crippen molar-refractivity contribution in [3.8, 4) is 0 Å². The van der Waals surface area contributed by atoms with Crippen LogP contribution in [0.4, 0.5) is 0 Å². The summed E-state index contributed by atoms with van der Waals surface area (Å²) in [5.41, 5.74) is 1.28. The molecule has 0 spiro atoms. The number of rotatable bonds is 6. The molecule has 3 rings (SSSR count). The van der Waals surface area contributed by atoms with Gasteiger partial charge in [0, 0.05) is 5.69 Å². The fraction of sp³-hybridized carbons (Fsp3) is 0.571. The third-order valence-electron chi connectivity index (χ3n) is 5.97. The van der Waals surface area contributed by atoms with Gasteiger partial charge < -0.3 is 14.5 Å². The number of ketones is 1. The van der Waals surface area contributed by atoms with Gasteiger partial charge in [-0.15, -0.1) is 0 Å². The maximum Gasteiger partial charge on any atom is 0.339 e. The number of nitrogens with one attached hydrogen (secondary N) is 1. The number of hydrogen-bond acceptors (Lipinski definition) is 7. The number of H-pyrrole nitrogens is 1. The summed E-state index contributed by atoms with van der Waals surface area (Å²) in [6, 6.07) is 0. The molecule has 2 fully saturated rings. The molecule has 9 heteroatoms. The average molecular weight is 418 g/mol. The second-order valence-corrected chi connectivity index (χ2v) is 7.87. The predicted molar refractivity (Wildman–Crippen MR) is 104 cm³/mol. The van der Waals surface area contributed by atoms with E-state index in [9.17, 15) is 24.0 Å². The number of esters is 2. The summed E-state index contributed by atoms with van der Waals surface area (Å²) in [6.45, 7) is 4.14. The first-order valence-electron chi connectivity index (χ1n) is 10.0. The highest BCUT2D eigenvalue weighted by molar-refractivity contribution is 6.07. The Labute approximate surface area is 174 Å². The number of nitrogens with zero attached hydrogens (tertiary/aromatic N) is 1. The first-order chi connectivity index (χ1) is 14.2. The second kappa shape index (κ2) is 8.41. The zero-order chi connectivity index (χ0) is 22.2. The summed E-state index contributed by atoms with van der Waals surface area (Å²) in [5, 5.41) is 0. The zero-order valence-electron chi connectivity index (χ0n) is 17.6. The van der Waals surface area contributed by atoms with Crippen molar-refractivity contribution in [3.63, 3.8) is 0 Å². The van der Waals surface area contributed by atoms with Gasteiger partial charge in [0.1, 0.15) is 6.54 Å². The van der Waals surface area contributed by atoms with Gasteiger partial charge in [0.2, 0.25) is 17.6 Å². The largest absolute Gasteiger partial charge is 0.465 e. The molecule has 30 heavy (non-hydrogen) atoms. The number of aromatic nitrogens is 1. The Hall–Kier alpha value is -2.97. The van der Waals surface area contributed by atoms with Crippen LogP contribution in [-0.4, -0.2) is 59.2 Å². The van der Waals surface area contributed by atoms with Crippen molar-refractivity contribution in [2.45, 2.75) is 52.6 Å². The SMILES string of the molecule is COC(=O)c1c(C)[nH]c(C(=O)[C@@H](C)OC(=O)CN2C(=O)[C@H]3CCCC[C@H]3C2=O)c1C. The summed E-state index contributed by atoms with van der Waals surface area (Å²) in [6.07, 6.45) is 1.95. The Bertz CT molecular complexity index is 893. The lowest BCUT2D eigenvalue weighted by atomic mass is 9.81. The molecule has 9 nitrogen and oxygen atoms in total. The lowest BCUT2D eigenvalue weighted by Gasteiger charge is -2.19. The fourth-order valence-electron chi connectivity index (χ4n) is 4.41. The van der Waals surface area contributed by atoms with Crippen molar-refractivity contribution >= 4 is 29.5 Å². The molecule has 1 saturated carbocycles. The van der Waals surface area contributed by atoms with E-state index in [0.29, 0.717) is 24.1 Å². The Morgan fingerprint density at radius 1 is 1.10 bits per heavy atom. The highest BCUT2D eigenvalue weighted by Gasteiger charge is 2.48. The molecular weight excluding hydrogens is 392 g/mol. The summed E-state index contributed by atoms with van der Waals surface area (Å²) in [5.74, 6) is -3.29. The number of aryl methyl sites for hydroxylation is 1. The number of amides is 2. The van der Waals surface area contributed by atoms with Crippen LogP contribution in [0.3, 0.4) is 0 Å². The molecule has 0 bridgehead atoms. The van der Waals surface area contributed by atoms with Crippen molar-refractivity contribution in [2.24, 2.45) is 11.8 Å². The molecule has 0 aromatic carbocycles. The minimum atomic E-state index is -1.16. The molecule has 1 N–H and O–H groups in total. The number of imide groups is 1. The molecule has 2 amide bonds. The van der Waals surface area contributed by atoms with E-state index in [-0.39, 0.29) is 34.9 Å². The van der Waals surface area contributed by atoms with Gasteiger partial charge in [-0.1, -0.05) is 12.8 Å². The fourth-order valence-corrected chi connectivity index (χ4v) is 4.41. The Morgan fingerprint density at radius 2 is 1.67 bits per heavy atom. The van der Waals surface area contributed by atoms with Gasteiger partial charge in [-0.25, -0.2) is 4.79 Å². The van der Waals surface area contributed by atoms with E-state index >= 15 is 0 Å². The van der Waals surface area contributed by atoms with Crippen LogP contribution in [0.1, 0.15) is 64.7 Å². The standard InChI is InChI=1S/C21H26N2O7/c1-10-16(21(28)29-4)11(2)22-17(10)18(25)12(3)30-15(24)9-23-19(26)13-7-5-6-8-14(13)20(23)27/h12-14,22H,5-9H2,1-4H3/t12-,13-,14+/m1/s1. The molecule has 0 unspecified atom stereocenters. The number of carbonyl (C=O) groups excluding carboxylic acids is 5. The van der Waals surface area contributed by atoms with E-state index in [1.165, 1.54) is 14.0 Å². The number of carbonyl (C=O) groups is 5. The van der Waals surface area contributed by atoms with Gasteiger partial charge >= 0.3 is 11.9 Å². The van der Waals surface area contributed by atoms with Crippen LogP contribution in [0.5, 0.6) is 0 Å². The van der Waals surface area contributed by atoms with Gasteiger partial charge in [-0.3, -0.25) is 24.1 Å². The van der Waals surface area contributed by atoms with Crippen molar-refractivity contribution in [2.75, 3.05) is 13.7 Å². The lowest BCUT2D eigenvalue weighted by Crippen LogP contribution is -2.38. The topological polar surface area (TPSA) is 123 Å². The van der Waals surface area contributed by atoms with Crippen molar-refractivity contribution < 1.29 is 33.4 Å². The molecule has 1 aliphatic carbocycles. The van der Waals surface area contributed by atoms with Crippen LogP contribution in [0.25, 0.3) is 0 Å². The number of methoxy groups -OCH3 is 1. The first kappa shape index (κ1) is 21.7. The molecular formula is C21H26N2O7. The molecule has 2 aliphatic rings. The molecule has 1 aromatic heterocycles. The number of fused-ring (bicyclic) bond motifs is 1. The number of aromatic amines is 1. The average Bonchev–Trinajstić information content (AvgIpc) is 3.15. The van der Waals surface area contributed by atoms with Gasteiger partial charge in [0.25, 0.3) is 0 Å². The summed E-state index contributed by atoms with van der Waals surface area (Å²) < 4.78 is 9.92. The van der Waals surface area contributed by atoms with Gasteiger partial charge in [0.05, 0.1) is 30.2 Å². The van der Waals surface area contributed by atoms with Crippen LogP contribution in [0.15, 0.2) is 0 Å². The lowest BCUT2D eigenvalue weighted by molar-refractivity contribution is -0.154. The molecule has 2 heterocycles. The number of ether oxygens (including phenoxy) is 2. The molecule has 162 valence electrons. The molecule has 3 atom stereocenters. The second-order valence-electron chi connectivity index (χ2n) is 7.87. The van der Waals surface area contributed by atoms with Crippen LogP contribution in [0, 0.1) is 25.7 Å². The van der Waals surface area contributed by atoms with E-state index < -0.39 is 30.4 Å². The quantitative estimate of drug-likeness (QED) is 0.424. The van der Waals surface area contributed by atoms with E-state index in [1.54, 1.807) is 13.8 Å². The Morgan fingerprint density at radius 3 is 2.20 bits per heavy atom. The zero-order valence-corrected chi connectivity index (χ0v) is 17.6. The van der Waals surface area contributed by atoms with Crippen LogP contribution < -0.4 is 0 Å².